The van der Waals surface area contributed by atoms with Crippen molar-refractivity contribution in [3.05, 3.63) is 42.0 Å². The van der Waals surface area contributed by atoms with Crippen LogP contribution >= 0.6 is 0 Å². The third kappa shape index (κ3) is 5.25. The number of amides is 1. The van der Waals surface area contributed by atoms with Crippen molar-refractivity contribution in [1.29, 1.82) is 0 Å². The summed E-state index contributed by atoms with van der Waals surface area (Å²) in [5.41, 5.74) is 1.11. The molecular weight excluding hydrogens is 268 g/mol. The van der Waals surface area contributed by atoms with Crippen LogP contribution in [0.25, 0.3) is 0 Å². The molecule has 21 heavy (non-hydrogen) atoms. The average Bonchev–Trinajstić information content (AvgIpc) is 2.98. The highest BCUT2D eigenvalue weighted by molar-refractivity contribution is 5.75. The number of hydrogen-bond acceptors (Lipinski definition) is 4. The first-order valence-corrected chi connectivity index (χ1v) is 7.05. The zero-order valence-corrected chi connectivity index (χ0v) is 12.1. The minimum Gasteiger partial charge on any atom is -0.493 e. The zero-order valence-electron chi connectivity index (χ0n) is 12.1. The predicted molar refractivity (Wildman–Crippen MR) is 79.0 cm³/mol. The number of H-pyrrole nitrogens is 1. The topological polar surface area (TPSA) is 79.9 Å². The Morgan fingerprint density at radius 1 is 1.38 bits per heavy atom. The average molecular weight is 288 g/mol. The van der Waals surface area contributed by atoms with Gasteiger partial charge in [-0.15, -0.1) is 0 Å². The van der Waals surface area contributed by atoms with Crippen LogP contribution in [0.2, 0.25) is 0 Å². The lowest BCUT2D eigenvalue weighted by Gasteiger charge is -2.08. The maximum Gasteiger partial charge on any atom is 0.220 e. The maximum absolute atomic E-state index is 11.6. The molecule has 1 aromatic carbocycles. The van der Waals surface area contributed by atoms with Crippen molar-refractivity contribution < 1.29 is 9.53 Å². The molecule has 1 amide bonds. The molecule has 6 heteroatoms. The second kappa shape index (κ2) is 8.04. The number of carbonyl (C=O) groups excluding carboxylic acids is 1. The lowest BCUT2D eigenvalue weighted by atomic mass is 10.2. The highest BCUT2D eigenvalue weighted by Gasteiger charge is 2.03. The summed E-state index contributed by atoms with van der Waals surface area (Å²) in [6.07, 6.45) is 3.27. The number of carbonyl (C=O) groups is 1. The van der Waals surface area contributed by atoms with Crippen LogP contribution in [-0.4, -0.2) is 34.2 Å². The standard InChI is InChI=1S/C15H20N4O2/c1-12-5-2-3-6-13(12)21-10-4-7-15(20)16-9-8-14-17-11-18-19-14/h2-3,5-6,11H,4,7-10H2,1H3,(H,16,20)(H,17,18,19). The monoisotopic (exact) mass is 288 g/mol. The van der Waals surface area contributed by atoms with Crippen LogP contribution in [0.3, 0.4) is 0 Å². The molecule has 2 N–H and O–H groups in total. The van der Waals surface area contributed by atoms with Gasteiger partial charge in [0.15, 0.2) is 0 Å². The number of aromatic amines is 1. The van der Waals surface area contributed by atoms with E-state index >= 15 is 0 Å². The number of hydrogen-bond donors (Lipinski definition) is 2. The van der Waals surface area contributed by atoms with Gasteiger partial charge >= 0.3 is 0 Å². The van der Waals surface area contributed by atoms with Crippen molar-refractivity contribution in [3.8, 4) is 5.75 Å². The smallest absolute Gasteiger partial charge is 0.220 e. The number of benzene rings is 1. The minimum atomic E-state index is 0.0305. The third-order valence-electron chi connectivity index (χ3n) is 3.05. The van der Waals surface area contributed by atoms with Gasteiger partial charge in [-0.05, 0) is 25.0 Å². The molecule has 0 fully saturated rings. The van der Waals surface area contributed by atoms with Crippen LogP contribution in [0.5, 0.6) is 5.75 Å². The molecule has 0 saturated carbocycles. The summed E-state index contributed by atoms with van der Waals surface area (Å²) >= 11 is 0. The Morgan fingerprint density at radius 2 is 2.24 bits per heavy atom. The van der Waals surface area contributed by atoms with Crippen LogP contribution in [0.1, 0.15) is 24.2 Å². The van der Waals surface area contributed by atoms with E-state index in [-0.39, 0.29) is 5.91 Å². The molecule has 0 spiro atoms. The van der Waals surface area contributed by atoms with E-state index in [4.69, 9.17) is 4.74 Å². The van der Waals surface area contributed by atoms with Gasteiger partial charge in [0.1, 0.15) is 17.9 Å². The van der Waals surface area contributed by atoms with Crippen LogP contribution in [0.15, 0.2) is 30.6 Å². The lowest BCUT2D eigenvalue weighted by Crippen LogP contribution is -2.26. The first-order chi connectivity index (χ1) is 10.3. The molecule has 0 aliphatic rings. The number of nitrogens with zero attached hydrogens (tertiary/aromatic N) is 2. The molecule has 6 nitrogen and oxygen atoms in total. The molecule has 2 aromatic rings. The van der Waals surface area contributed by atoms with Gasteiger partial charge in [-0.2, -0.15) is 5.10 Å². The van der Waals surface area contributed by atoms with Crippen LogP contribution < -0.4 is 10.1 Å². The van der Waals surface area contributed by atoms with Gasteiger partial charge < -0.3 is 10.1 Å². The van der Waals surface area contributed by atoms with Gasteiger partial charge in [0.25, 0.3) is 0 Å². The molecular formula is C15H20N4O2. The molecule has 0 aliphatic carbocycles. The van der Waals surface area contributed by atoms with E-state index < -0.39 is 0 Å². The Labute approximate surface area is 123 Å². The summed E-state index contributed by atoms with van der Waals surface area (Å²) in [5.74, 6) is 1.68. The summed E-state index contributed by atoms with van der Waals surface area (Å²) in [5, 5.41) is 9.35. The SMILES string of the molecule is Cc1ccccc1OCCCC(=O)NCCc1ncn[nH]1. The second-order valence-electron chi connectivity index (χ2n) is 4.75. The fraction of sp³-hybridized carbons (Fsp3) is 0.400. The predicted octanol–water partition coefficient (Wildman–Crippen LogP) is 1.63. The van der Waals surface area contributed by atoms with E-state index in [2.05, 4.69) is 20.5 Å². The van der Waals surface area contributed by atoms with Crippen molar-refractivity contribution in [2.24, 2.45) is 0 Å². The van der Waals surface area contributed by atoms with E-state index in [0.717, 1.165) is 17.1 Å². The first kappa shape index (κ1) is 15.0. The van der Waals surface area contributed by atoms with E-state index in [1.165, 1.54) is 6.33 Å². The molecule has 0 bridgehead atoms. The Hall–Kier alpha value is -2.37. The fourth-order valence-corrected chi connectivity index (χ4v) is 1.89. The molecule has 1 aromatic heterocycles. The van der Waals surface area contributed by atoms with Gasteiger partial charge in [0, 0.05) is 19.4 Å². The van der Waals surface area contributed by atoms with Gasteiger partial charge in [-0.25, -0.2) is 4.98 Å². The maximum atomic E-state index is 11.6. The van der Waals surface area contributed by atoms with Crippen LogP contribution in [-0.2, 0) is 11.2 Å². The zero-order chi connectivity index (χ0) is 14.9. The minimum absolute atomic E-state index is 0.0305. The van der Waals surface area contributed by atoms with E-state index in [0.29, 0.717) is 32.4 Å². The molecule has 0 saturated heterocycles. The Morgan fingerprint density at radius 3 is 3.00 bits per heavy atom. The summed E-state index contributed by atoms with van der Waals surface area (Å²) in [4.78, 5) is 15.6. The lowest BCUT2D eigenvalue weighted by molar-refractivity contribution is -0.121. The normalized spacial score (nSPS) is 10.3. The molecule has 112 valence electrons. The van der Waals surface area contributed by atoms with E-state index in [1.54, 1.807) is 0 Å². The van der Waals surface area contributed by atoms with Crippen molar-refractivity contribution >= 4 is 5.91 Å². The molecule has 0 aliphatic heterocycles. The highest BCUT2D eigenvalue weighted by Crippen LogP contribution is 2.16. The number of aryl methyl sites for hydroxylation is 1. The summed E-state index contributed by atoms with van der Waals surface area (Å²) in [6.45, 7) is 3.11. The Kier molecular flexibility index (Phi) is 5.75. The highest BCUT2D eigenvalue weighted by atomic mass is 16.5. The molecule has 0 atom stereocenters. The van der Waals surface area contributed by atoms with Crippen LogP contribution in [0.4, 0.5) is 0 Å². The number of ether oxygens (including phenoxy) is 1. The first-order valence-electron chi connectivity index (χ1n) is 7.05. The molecule has 1 heterocycles. The second-order valence-corrected chi connectivity index (χ2v) is 4.75. The summed E-state index contributed by atoms with van der Waals surface area (Å²) in [7, 11) is 0. The Balaban J connectivity index is 1.56. The van der Waals surface area contributed by atoms with Gasteiger partial charge in [0.2, 0.25) is 5.91 Å². The van der Waals surface area contributed by atoms with E-state index in [1.807, 2.05) is 31.2 Å². The fourth-order valence-electron chi connectivity index (χ4n) is 1.89. The number of aromatic nitrogens is 3. The van der Waals surface area contributed by atoms with Crippen molar-refractivity contribution in [2.75, 3.05) is 13.2 Å². The third-order valence-corrected chi connectivity index (χ3v) is 3.05. The van der Waals surface area contributed by atoms with Crippen molar-refractivity contribution in [2.45, 2.75) is 26.2 Å². The largest absolute Gasteiger partial charge is 0.493 e. The molecule has 0 unspecified atom stereocenters. The number of rotatable bonds is 8. The number of nitrogens with one attached hydrogen (secondary N) is 2. The number of para-hydroxylation sites is 1. The van der Waals surface area contributed by atoms with Gasteiger partial charge in [0.05, 0.1) is 6.61 Å². The Bertz CT molecular complexity index is 555. The molecule has 2 rings (SSSR count). The van der Waals surface area contributed by atoms with Crippen molar-refractivity contribution in [1.82, 2.24) is 20.5 Å². The quantitative estimate of drug-likeness (QED) is 0.724. The van der Waals surface area contributed by atoms with Gasteiger partial charge in [-0.3, -0.25) is 9.89 Å². The summed E-state index contributed by atoms with van der Waals surface area (Å²) < 4.78 is 5.65. The molecule has 0 radical (unpaired) electrons. The van der Waals surface area contributed by atoms with Crippen LogP contribution in [0, 0.1) is 6.92 Å². The summed E-state index contributed by atoms with van der Waals surface area (Å²) in [6, 6.07) is 7.86. The van der Waals surface area contributed by atoms with Gasteiger partial charge in [-0.1, -0.05) is 18.2 Å². The van der Waals surface area contributed by atoms with Crippen molar-refractivity contribution in [3.63, 3.8) is 0 Å². The van der Waals surface area contributed by atoms with E-state index in [9.17, 15) is 4.79 Å².